The highest BCUT2D eigenvalue weighted by Gasteiger charge is 2.18. The molecule has 0 radical (unpaired) electrons. The van der Waals surface area contributed by atoms with Gasteiger partial charge in [0.15, 0.2) is 0 Å². The Labute approximate surface area is 132 Å². The topological polar surface area (TPSA) is 75.7 Å². The Kier molecular flexibility index (Phi) is 7.50. The fourth-order valence-electron chi connectivity index (χ4n) is 2.00. The zero-order valence-electron chi connectivity index (χ0n) is 13.3. The molecule has 0 aliphatic carbocycles. The Bertz CT molecular complexity index is 560. The van der Waals surface area contributed by atoms with Gasteiger partial charge in [0.05, 0.1) is 18.9 Å². The number of amides is 1. The molecule has 0 aromatic heterocycles. The summed E-state index contributed by atoms with van der Waals surface area (Å²) in [6, 6.07) is 9.50. The lowest BCUT2D eigenvalue weighted by Gasteiger charge is -2.20. The van der Waals surface area contributed by atoms with Gasteiger partial charge in [-0.05, 0) is 12.5 Å². The minimum Gasteiger partial charge on any atom is -0.383 e. The van der Waals surface area contributed by atoms with Crippen LogP contribution in [0.5, 0.6) is 0 Å². The van der Waals surface area contributed by atoms with Crippen molar-refractivity contribution in [2.75, 3.05) is 33.1 Å². The molecule has 0 aliphatic heterocycles. The van der Waals surface area contributed by atoms with Gasteiger partial charge in [-0.3, -0.25) is 4.79 Å². The number of rotatable bonds is 9. The molecule has 6 nitrogen and oxygen atoms in total. The predicted octanol–water partition coefficient (Wildman–Crippen LogP) is 1.16. The highest BCUT2D eigenvalue weighted by Crippen LogP contribution is 2.11. The smallest absolute Gasteiger partial charge is 0.221 e. The van der Waals surface area contributed by atoms with E-state index in [1.54, 1.807) is 0 Å². The van der Waals surface area contributed by atoms with Crippen LogP contribution in [0, 0.1) is 0 Å². The number of nitrogens with zero attached hydrogens (tertiary/aromatic N) is 1. The summed E-state index contributed by atoms with van der Waals surface area (Å²) in [6.45, 7) is 2.59. The molecule has 22 heavy (non-hydrogen) atoms. The Morgan fingerprint density at radius 3 is 2.45 bits per heavy atom. The molecule has 1 N–H and O–H groups in total. The summed E-state index contributed by atoms with van der Waals surface area (Å²) in [6.07, 6.45) is 1.25. The van der Waals surface area contributed by atoms with Crippen LogP contribution in [0.1, 0.15) is 24.9 Å². The lowest BCUT2D eigenvalue weighted by molar-refractivity contribution is -0.121. The van der Waals surface area contributed by atoms with Crippen molar-refractivity contribution in [1.82, 2.24) is 9.62 Å². The van der Waals surface area contributed by atoms with E-state index in [0.717, 1.165) is 11.8 Å². The molecule has 0 fully saturated rings. The van der Waals surface area contributed by atoms with Gasteiger partial charge in [0.1, 0.15) is 0 Å². The lowest BCUT2D eigenvalue weighted by atomic mass is 10.1. The van der Waals surface area contributed by atoms with Gasteiger partial charge in [0, 0.05) is 26.6 Å². The molecule has 0 bridgehead atoms. The normalized spacial score (nSPS) is 13.1. The van der Waals surface area contributed by atoms with Crippen LogP contribution in [0.3, 0.4) is 0 Å². The Morgan fingerprint density at radius 1 is 1.27 bits per heavy atom. The van der Waals surface area contributed by atoms with E-state index in [1.165, 1.54) is 11.4 Å². The van der Waals surface area contributed by atoms with Crippen LogP contribution >= 0.6 is 0 Å². The molecule has 1 aromatic carbocycles. The van der Waals surface area contributed by atoms with E-state index in [0.29, 0.717) is 6.61 Å². The Balaban J connectivity index is 2.50. The van der Waals surface area contributed by atoms with E-state index < -0.39 is 10.0 Å². The van der Waals surface area contributed by atoms with Crippen LogP contribution in [0.2, 0.25) is 0 Å². The van der Waals surface area contributed by atoms with Gasteiger partial charge in [-0.15, -0.1) is 0 Å². The summed E-state index contributed by atoms with van der Waals surface area (Å²) in [5.41, 5.74) is 1.01. The average molecular weight is 328 g/mol. The SMILES string of the molecule is COCCN(CCC(=O)NC(C)c1ccccc1)S(C)(=O)=O. The largest absolute Gasteiger partial charge is 0.383 e. The van der Waals surface area contributed by atoms with E-state index in [2.05, 4.69) is 5.32 Å². The monoisotopic (exact) mass is 328 g/mol. The van der Waals surface area contributed by atoms with Gasteiger partial charge >= 0.3 is 0 Å². The summed E-state index contributed by atoms with van der Waals surface area (Å²) >= 11 is 0. The molecule has 0 heterocycles. The molecule has 0 saturated heterocycles. The summed E-state index contributed by atoms with van der Waals surface area (Å²) in [5, 5.41) is 2.87. The highest BCUT2D eigenvalue weighted by atomic mass is 32.2. The summed E-state index contributed by atoms with van der Waals surface area (Å²) in [7, 11) is -1.83. The first kappa shape index (κ1) is 18.6. The number of nitrogens with one attached hydrogen (secondary N) is 1. The number of hydrogen-bond donors (Lipinski definition) is 1. The van der Waals surface area contributed by atoms with Gasteiger partial charge in [0.25, 0.3) is 0 Å². The van der Waals surface area contributed by atoms with E-state index in [-0.39, 0.29) is 31.5 Å². The third-order valence-corrected chi connectivity index (χ3v) is 4.58. The van der Waals surface area contributed by atoms with Gasteiger partial charge in [-0.25, -0.2) is 8.42 Å². The van der Waals surface area contributed by atoms with Gasteiger partial charge in [-0.2, -0.15) is 4.31 Å². The maximum Gasteiger partial charge on any atom is 0.221 e. The van der Waals surface area contributed by atoms with E-state index in [1.807, 2.05) is 37.3 Å². The molecular weight excluding hydrogens is 304 g/mol. The molecule has 1 amide bonds. The van der Waals surface area contributed by atoms with Crippen LogP contribution in [-0.2, 0) is 19.6 Å². The van der Waals surface area contributed by atoms with Gasteiger partial charge in [-0.1, -0.05) is 30.3 Å². The second-order valence-electron chi connectivity index (χ2n) is 5.10. The quantitative estimate of drug-likeness (QED) is 0.738. The number of carbonyl (C=O) groups is 1. The number of methoxy groups -OCH3 is 1. The first-order valence-corrected chi connectivity index (χ1v) is 8.97. The Morgan fingerprint density at radius 2 is 1.91 bits per heavy atom. The van der Waals surface area contributed by atoms with Crippen LogP contribution in [0.4, 0.5) is 0 Å². The third-order valence-electron chi connectivity index (χ3n) is 3.28. The van der Waals surface area contributed by atoms with Crippen LogP contribution < -0.4 is 5.32 Å². The number of ether oxygens (including phenoxy) is 1. The lowest BCUT2D eigenvalue weighted by Crippen LogP contribution is -2.37. The fraction of sp³-hybridized carbons (Fsp3) is 0.533. The maximum absolute atomic E-state index is 12.0. The molecule has 0 spiro atoms. The summed E-state index contributed by atoms with van der Waals surface area (Å²) in [5.74, 6) is -0.178. The maximum atomic E-state index is 12.0. The molecule has 0 saturated carbocycles. The van der Waals surface area contributed by atoms with Crippen molar-refractivity contribution >= 4 is 15.9 Å². The van der Waals surface area contributed by atoms with E-state index >= 15 is 0 Å². The predicted molar refractivity (Wildman–Crippen MR) is 85.9 cm³/mol. The molecule has 1 atom stereocenters. The molecule has 1 rings (SSSR count). The number of carbonyl (C=O) groups excluding carboxylic acids is 1. The van der Waals surface area contributed by atoms with E-state index in [4.69, 9.17) is 4.74 Å². The van der Waals surface area contributed by atoms with Crippen molar-refractivity contribution in [3.63, 3.8) is 0 Å². The number of benzene rings is 1. The van der Waals surface area contributed by atoms with Crippen LogP contribution in [0.15, 0.2) is 30.3 Å². The van der Waals surface area contributed by atoms with Crippen molar-refractivity contribution in [2.45, 2.75) is 19.4 Å². The number of sulfonamides is 1. The Hall–Kier alpha value is -1.44. The van der Waals surface area contributed by atoms with Crippen molar-refractivity contribution < 1.29 is 17.9 Å². The first-order valence-electron chi connectivity index (χ1n) is 7.13. The second-order valence-corrected chi connectivity index (χ2v) is 7.09. The molecule has 0 aliphatic rings. The van der Waals surface area contributed by atoms with Crippen LogP contribution in [-0.4, -0.2) is 51.7 Å². The zero-order valence-corrected chi connectivity index (χ0v) is 14.1. The summed E-state index contributed by atoms with van der Waals surface area (Å²) < 4.78 is 29.4. The molecule has 124 valence electrons. The molecular formula is C15H24N2O4S. The van der Waals surface area contributed by atoms with Crippen molar-refractivity contribution in [2.24, 2.45) is 0 Å². The number of hydrogen-bond acceptors (Lipinski definition) is 4. The zero-order chi connectivity index (χ0) is 16.6. The van der Waals surface area contributed by atoms with Crippen molar-refractivity contribution in [3.8, 4) is 0 Å². The minimum atomic E-state index is -3.34. The van der Waals surface area contributed by atoms with Crippen molar-refractivity contribution in [1.29, 1.82) is 0 Å². The standard InChI is InChI=1S/C15H24N2O4S/c1-13(14-7-5-4-6-8-14)16-15(18)9-10-17(11-12-21-2)22(3,19)20/h4-8,13H,9-12H2,1-3H3,(H,16,18). The summed E-state index contributed by atoms with van der Waals surface area (Å²) in [4.78, 5) is 12.0. The molecule has 1 unspecified atom stereocenters. The average Bonchev–Trinajstić information content (AvgIpc) is 2.46. The minimum absolute atomic E-state index is 0.112. The first-order chi connectivity index (χ1) is 10.3. The molecule has 7 heteroatoms. The fourth-order valence-corrected chi connectivity index (χ4v) is 2.83. The third kappa shape index (κ3) is 6.55. The highest BCUT2D eigenvalue weighted by molar-refractivity contribution is 7.88. The van der Waals surface area contributed by atoms with Crippen LogP contribution in [0.25, 0.3) is 0 Å². The van der Waals surface area contributed by atoms with Gasteiger partial charge < -0.3 is 10.1 Å². The van der Waals surface area contributed by atoms with E-state index in [9.17, 15) is 13.2 Å². The second kappa shape index (κ2) is 8.87. The molecule has 1 aromatic rings. The van der Waals surface area contributed by atoms with Crippen molar-refractivity contribution in [3.05, 3.63) is 35.9 Å². The van der Waals surface area contributed by atoms with Gasteiger partial charge in [0.2, 0.25) is 15.9 Å².